The van der Waals surface area contributed by atoms with E-state index in [0.29, 0.717) is 0 Å². The van der Waals surface area contributed by atoms with Crippen molar-refractivity contribution in [2.45, 2.75) is 17.9 Å². The van der Waals surface area contributed by atoms with Crippen molar-refractivity contribution in [3.05, 3.63) is 33.9 Å². The highest BCUT2D eigenvalue weighted by Gasteiger charge is 2.25. The molecule has 0 bridgehead atoms. The van der Waals surface area contributed by atoms with E-state index in [2.05, 4.69) is 10.0 Å². The normalized spacial score (nSPS) is 12.0. The fourth-order valence-electron chi connectivity index (χ4n) is 1.42. The first kappa shape index (κ1) is 19.3. The van der Waals surface area contributed by atoms with E-state index in [1.165, 1.54) is 6.07 Å². The third-order valence-corrected chi connectivity index (χ3v) is 4.14. The number of sulfonamides is 1. The molecule has 1 aromatic rings. The molecule has 0 aliphatic heterocycles. The summed E-state index contributed by atoms with van der Waals surface area (Å²) in [5.41, 5.74) is -1.00. The van der Waals surface area contributed by atoms with Crippen LogP contribution in [0.3, 0.4) is 0 Å². The van der Waals surface area contributed by atoms with Crippen molar-refractivity contribution >= 4 is 28.1 Å². The van der Waals surface area contributed by atoms with E-state index in [-0.39, 0.29) is 25.0 Å². The third kappa shape index (κ3) is 4.64. The molecule has 0 fully saturated rings. The number of likely N-dealkylation sites (N-methyl/N-ethyl adjacent to an activating group) is 1. The van der Waals surface area contributed by atoms with Crippen LogP contribution in [0.15, 0.2) is 23.1 Å². The number of benzene rings is 1. The van der Waals surface area contributed by atoms with Gasteiger partial charge in [0.2, 0.25) is 10.0 Å². The zero-order valence-electron chi connectivity index (χ0n) is 11.4. The van der Waals surface area contributed by atoms with E-state index in [1.54, 1.807) is 20.0 Å². The molecule has 0 aliphatic rings. The van der Waals surface area contributed by atoms with Crippen LogP contribution in [0.5, 0.6) is 0 Å². The van der Waals surface area contributed by atoms with Gasteiger partial charge in [-0.1, -0.05) is 6.07 Å². The number of hydrogen-bond acceptors (Lipinski definition) is 6. The molecule has 2 N–H and O–H groups in total. The molecule has 21 heavy (non-hydrogen) atoms. The van der Waals surface area contributed by atoms with Crippen LogP contribution < -0.4 is 10.0 Å². The van der Waals surface area contributed by atoms with Crippen molar-refractivity contribution in [2.24, 2.45) is 0 Å². The number of nitro groups is 1. The second kappa shape index (κ2) is 7.90. The number of halogens is 1. The van der Waals surface area contributed by atoms with Gasteiger partial charge in [-0.2, -0.15) is 5.26 Å². The average Bonchev–Trinajstić information content (AvgIpc) is 2.43. The van der Waals surface area contributed by atoms with Gasteiger partial charge in [-0.15, -0.1) is 12.4 Å². The largest absolute Gasteiger partial charge is 0.316 e. The van der Waals surface area contributed by atoms with Crippen molar-refractivity contribution in [2.75, 3.05) is 13.6 Å². The van der Waals surface area contributed by atoms with Crippen molar-refractivity contribution in [1.29, 1.82) is 5.26 Å². The Morgan fingerprint density at radius 1 is 1.48 bits per heavy atom. The number of nitriles is 1. The Bertz CT molecular complexity index is 657. The smallest absolute Gasteiger partial charge is 0.288 e. The van der Waals surface area contributed by atoms with E-state index in [0.717, 1.165) is 12.1 Å². The molecular formula is C11H15ClN4O4S. The fraction of sp³-hybridized carbons (Fsp3) is 0.364. The van der Waals surface area contributed by atoms with Crippen LogP contribution in [0.25, 0.3) is 0 Å². The number of nitrogens with one attached hydrogen (secondary N) is 2. The highest BCUT2D eigenvalue weighted by molar-refractivity contribution is 7.89. The van der Waals surface area contributed by atoms with Gasteiger partial charge in [-0.3, -0.25) is 10.1 Å². The summed E-state index contributed by atoms with van der Waals surface area (Å²) in [5, 5.41) is 22.6. The maximum absolute atomic E-state index is 12.1. The Morgan fingerprint density at radius 3 is 2.57 bits per heavy atom. The van der Waals surface area contributed by atoms with E-state index in [9.17, 15) is 18.5 Å². The highest BCUT2D eigenvalue weighted by Crippen LogP contribution is 2.24. The Hall–Kier alpha value is -1.73. The first-order chi connectivity index (χ1) is 9.33. The summed E-state index contributed by atoms with van der Waals surface area (Å²) in [6.07, 6.45) is 0. The van der Waals surface area contributed by atoms with Gasteiger partial charge >= 0.3 is 0 Å². The lowest BCUT2D eigenvalue weighted by Gasteiger charge is -2.12. The highest BCUT2D eigenvalue weighted by atomic mass is 35.5. The number of nitro benzene ring substituents is 1. The molecule has 116 valence electrons. The Morgan fingerprint density at radius 2 is 2.10 bits per heavy atom. The fourth-order valence-corrected chi connectivity index (χ4v) is 2.72. The molecule has 0 aromatic heterocycles. The molecular weight excluding hydrogens is 320 g/mol. The van der Waals surface area contributed by atoms with Crippen molar-refractivity contribution < 1.29 is 13.3 Å². The van der Waals surface area contributed by atoms with Crippen molar-refractivity contribution in [1.82, 2.24) is 10.0 Å². The first-order valence-electron chi connectivity index (χ1n) is 5.68. The third-order valence-electron chi connectivity index (χ3n) is 2.67. The van der Waals surface area contributed by atoms with Crippen LogP contribution in [-0.4, -0.2) is 33.0 Å². The SMILES string of the molecule is CNC(C)CNS(=O)(=O)c1cccc([N+](=O)[O-])c1C#N.Cl. The molecule has 1 aromatic carbocycles. The monoisotopic (exact) mass is 334 g/mol. The molecule has 0 heterocycles. The number of nitrogens with zero attached hydrogens (tertiary/aromatic N) is 2. The van der Waals surface area contributed by atoms with Crippen LogP contribution in [0.1, 0.15) is 12.5 Å². The summed E-state index contributed by atoms with van der Waals surface area (Å²) in [6, 6.07) is 4.95. The van der Waals surface area contributed by atoms with Gasteiger partial charge < -0.3 is 5.32 Å². The maximum atomic E-state index is 12.1. The van der Waals surface area contributed by atoms with Crippen molar-refractivity contribution in [3.63, 3.8) is 0 Å². The molecule has 1 unspecified atom stereocenters. The molecule has 1 rings (SSSR count). The van der Waals surface area contributed by atoms with E-state index < -0.39 is 31.1 Å². The van der Waals surface area contributed by atoms with Crippen LogP contribution in [0, 0.1) is 21.4 Å². The summed E-state index contributed by atoms with van der Waals surface area (Å²) in [7, 11) is -2.31. The van der Waals surface area contributed by atoms with Gasteiger partial charge in [0, 0.05) is 18.7 Å². The lowest BCUT2D eigenvalue weighted by Crippen LogP contribution is -2.37. The van der Waals surface area contributed by atoms with E-state index in [1.807, 2.05) is 0 Å². The van der Waals surface area contributed by atoms with Gasteiger partial charge in [-0.05, 0) is 20.0 Å². The minimum Gasteiger partial charge on any atom is -0.316 e. The number of hydrogen-bond donors (Lipinski definition) is 2. The lowest BCUT2D eigenvalue weighted by atomic mass is 10.2. The lowest BCUT2D eigenvalue weighted by molar-refractivity contribution is -0.385. The summed E-state index contributed by atoms with van der Waals surface area (Å²) >= 11 is 0. The molecule has 10 heteroatoms. The van der Waals surface area contributed by atoms with Gasteiger partial charge in [0.25, 0.3) is 5.69 Å². The van der Waals surface area contributed by atoms with Gasteiger partial charge in [0.15, 0.2) is 0 Å². The Labute approximate surface area is 128 Å². The Kier molecular flexibility index (Phi) is 7.25. The van der Waals surface area contributed by atoms with Crippen molar-refractivity contribution in [3.8, 4) is 6.07 Å². The first-order valence-corrected chi connectivity index (χ1v) is 7.16. The average molecular weight is 335 g/mol. The van der Waals surface area contributed by atoms with Gasteiger partial charge in [0.1, 0.15) is 16.5 Å². The molecule has 0 saturated heterocycles. The zero-order chi connectivity index (χ0) is 15.3. The van der Waals surface area contributed by atoms with E-state index >= 15 is 0 Å². The quantitative estimate of drug-likeness (QED) is 0.584. The zero-order valence-corrected chi connectivity index (χ0v) is 13.0. The van der Waals surface area contributed by atoms with Crippen LogP contribution in [-0.2, 0) is 10.0 Å². The molecule has 0 radical (unpaired) electrons. The van der Waals surface area contributed by atoms with Crippen LogP contribution in [0.4, 0.5) is 5.69 Å². The van der Waals surface area contributed by atoms with Crippen LogP contribution in [0.2, 0.25) is 0 Å². The van der Waals surface area contributed by atoms with Gasteiger partial charge in [0.05, 0.1) is 4.92 Å². The predicted octanol–water partition coefficient (Wildman–Crippen LogP) is 0.774. The summed E-state index contributed by atoms with van der Waals surface area (Å²) in [6.45, 7) is 1.87. The molecule has 0 saturated carbocycles. The predicted molar refractivity (Wildman–Crippen MR) is 78.8 cm³/mol. The molecule has 0 aliphatic carbocycles. The second-order valence-electron chi connectivity index (χ2n) is 4.06. The minimum absolute atomic E-state index is 0. The van der Waals surface area contributed by atoms with E-state index in [4.69, 9.17) is 5.26 Å². The molecule has 1 atom stereocenters. The topological polar surface area (TPSA) is 125 Å². The second-order valence-corrected chi connectivity index (χ2v) is 5.80. The standard InChI is InChI=1S/C11H14N4O4S.ClH/c1-8(13-2)7-14-20(18,19)11-5-3-4-10(15(16)17)9(11)6-12;/h3-5,8,13-14H,7H2,1-2H3;1H. The molecule has 0 spiro atoms. The summed E-state index contributed by atoms with van der Waals surface area (Å²) < 4.78 is 26.5. The Balaban J connectivity index is 0.00000400. The summed E-state index contributed by atoms with van der Waals surface area (Å²) in [5.74, 6) is 0. The summed E-state index contributed by atoms with van der Waals surface area (Å²) in [4.78, 5) is 9.63. The molecule has 8 nitrogen and oxygen atoms in total. The number of rotatable bonds is 6. The molecule has 0 amide bonds. The van der Waals surface area contributed by atoms with Gasteiger partial charge in [-0.25, -0.2) is 13.1 Å². The van der Waals surface area contributed by atoms with Crippen LogP contribution >= 0.6 is 12.4 Å². The minimum atomic E-state index is -3.98. The maximum Gasteiger partial charge on any atom is 0.288 e.